The summed E-state index contributed by atoms with van der Waals surface area (Å²) in [6.07, 6.45) is -3.03. The van der Waals surface area contributed by atoms with Crippen LogP contribution in [0.5, 0.6) is 0 Å². The summed E-state index contributed by atoms with van der Waals surface area (Å²) in [4.78, 5) is 18.4. The predicted octanol–water partition coefficient (Wildman–Crippen LogP) is 2.13. The molecule has 1 aromatic carbocycles. The van der Waals surface area contributed by atoms with E-state index in [9.17, 15) is 26.4 Å². The summed E-state index contributed by atoms with van der Waals surface area (Å²) in [7, 11) is -3.64. The summed E-state index contributed by atoms with van der Waals surface area (Å²) in [6.45, 7) is 2.22. The number of sulfonamides is 1. The Bertz CT molecular complexity index is 1090. The van der Waals surface area contributed by atoms with Crippen LogP contribution in [0.25, 0.3) is 0 Å². The van der Waals surface area contributed by atoms with Crippen LogP contribution in [-0.4, -0.2) is 69.0 Å². The second-order valence-corrected chi connectivity index (χ2v) is 9.79. The molecular formula is C21H23F3N4O4S. The van der Waals surface area contributed by atoms with Crippen molar-refractivity contribution >= 4 is 21.7 Å². The molecule has 0 saturated carbocycles. The summed E-state index contributed by atoms with van der Waals surface area (Å²) in [5, 5.41) is 2.89. The number of alkyl halides is 3. The number of pyridine rings is 1. The number of carbonyl (C=O) groups excluding carboxylic acids is 1. The summed E-state index contributed by atoms with van der Waals surface area (Å²) < 4.78 is 70.0. The number of nitrogens with one attached hydrogen (secondary N) is 1. The van der Waals surface area contributed by atoms with Crippen LogP contribution in [0.2, 0.25) is 0 Å². The fourth-order valence-corrected chi connectivity index (χ4v) is 5.22. The highest BCUT2D eigenvalue weighted by molar-refractivity contribution is 7.89. The van der Waals surface area contributed by atoms with Gasteiger partial charge < -0.3 is 15.0 Å². The van der Waals surface area contributed by atoms with E-state index in [1.54, 1.807) is 0 Å². The number of anilines is 1. The van der Waals surface area contributed by atoms with Gasteiger partial charge in [0.2, 0.25) is 10.0 Å². The van der Waals surface area contributed by atoms with Crippen LogP contribution in [0, 0.1) is 0 Å². The molecule has 1 amide bonds. The molecule has 1 unspecified atom stereocenters. The van der Waals surface area contributed by atoms with Crippen LogP contribution in [0.3, 0.4) is 0 Å². The Morgan fingerprint density at radius 1 is 1.06 bits per heavy atom. The van der Waals surface area contributed by atoms with Gasteiger partial charge in [0.15, 0.2) is 0 Å². The van der Waals surface area contributed by atoms with E-state index in [1.165, 1.54) is 34.6 Å². The van der Waals surface area contributed by atoms with Gasteiger partial charge in [0, 0.05) is 44.0 Å². The predicted molar refractivity (Wildman–Crippen MR) is 113 cm³/mol. The fraction of sp³-hybridized carbons (Fsp3) is 0.429. The average Bonchev–Trinajstić information content (AvgIpc) is 3.27. The highest BCUT2D eigenvalue weighted by Crippen LogP contribution is 2.30. The number of carbonyl (C=O) groups is 1. The molecule has 2 fully saturated rings. The smallest absolute Gasteiger partial charge is 0.379 e. The van der Waals surface area contributed by atoms with Gasteiger partial charge in [-0.1, -0.05) is 0 Å². The van der Waals surface area contributed by atoms with Gasteiger partial charge in [-0.25, -0.2) is 13.4 Å². The Labute approximate surface area is 189 Å². The number of nitrogens with zero attached hydrogens (tertiary/aromatic N) is 3. The first-order valence-electron chi connectivity index (χ1n) is 10.4. The zero-order chi connectivity index (χ0) is 23.6. The SMILES string of the molecule is O=C(NC1CCN(c2ccc(C(F)(F)F)cn2)C1)c1ccc(S(=O)(=O)N2CCOCC2)cc1. The molecule has 1 atom stereocenters. The minimum Gasteiger partial charge on any atom is -0.379 e. The van der Waals surface area contributed by atoms with Gasteiger partial charge in [-0.15, -0.1) is 0 Å². The van der Waals surface area contributed by atoms with Crippen LogP contribution < -0.4 is 10.2 Å². The monoisotopic (exact) mass is 484 g/mol. The van der Waals surface area contributed by atoms with E-state index in [2.05, 4.69) is 10.3 Å². The Morgan fingerprint density at radius 2 is 1.76 bits per heavy atom. The lowest BCUT2D eigenvalue weighted by molar-refractivity contribution is -0.137. The molecule has 0 bridgehead atoms. The highest BCUT2D eigenvalue weighted by Gasteiger charge is 2.32. The standard InChI is InChI=1S/C21H23F3N4O4S/c22-21(23,24)16-3-6-19(25-13-16)27-8-7-17(14-27)26-20(29)15-1-4-18(5-2-15)33(30,31)28-9-11-32-12-10-28/h1-6,13,17H,7-12,14H2,(H,26,29). The third kappa shape index (κ3) is 5.28. The minimum absolute atomic E-state index is 0.112. The number of hydrogen-bond acceptors (Lipinski definition) is 6. The molecule has 2 aromatic rings. The molecule has 0 radical (unpaired) electrons. The van der Waals surface area contributed by atoms with Gasteiger partial charge in [0.05, 0.1) is 23.7 Å². The van der Waals surface area contributed by atoms with Crippen molar-refractivity contribution in [1.29, 1.82) is 0 Å². The van der Waals surface area contributed by atoms with Crippen LogP contribution in [-0.2, 0) is 20.9 Å². The topological polar surface area (TPSA) is 91.8 Å². The van der Waals surface area contributed by atoms with Crippen LogP contribution in [0.4, 0.5) is 19.0 Å². The summed E-state index contributed by atoms with van der Waals surface area (Å²) in [6, 6.07) is 7.85. The van der Waals surface area contributed by atoms with Crippen molar-refractivity contribution in [3.05, 3.63) is 53.7 Å². The van der Waals surface area contributed by atoms with Crippen molar-refractivity contribution < 1.29 is 31.1 Å². The molecular weight excluding hydrogens is 461 g/mol. The maximum absolute atomic E-state index is 12.7. The first-order chi connectivity index (χ1) is 15.6. The summed E-state index contributed by atoms with van der Waals surface area (Å²) >= 11 is 0. The molecule has 2 aliphatic heterocycles. The van der Waals surface area contributed by atoms with Crippen LogP contribution in [0.1, 0.15) is 22.3 Å². The molecule has 1 N–H and O–H groups in total. The van der Waals surface area contributed by atoms with E-state index in [0.29, 0.717) is 44.1 Å². The van der Waals surface area contributed by atoms with Crippen molar-refractivity contribution in [3.63, 3.8) is 0 Å². The van der Waals surface area contributed by atoms with Crippen LogP contribution in [0.15, 0.2) is 47.5 Å². The van der Waals surface area contributed by atoms with Crippen LogP contribution >= 0.6 is 0 Å². The van der Waals surface area contributed by atoms with Gasteiger partial charge in [0.25, 0.3) is 5.91 Å². The number of aromatic nitrogens is 1. The fourth-order valence-electron chi connectivity index (χ4n) is 3.81. The molecule has 1 aromatic heterocycles. The molecule has 178 valence electrons. The zero-order valence-electron chi connectivity index (χ0n) is 17.6. The van der Waals surface area contributed by atoms with E-state index in [1.807, 2.05) is 4.90 Å². The van der Waals surface area contributed by atoms with E-state index in [4.69, 9.17) is 4.74 Å². The second kappa shape index (κ2) is 9.27. The van der Waals surface area contributed by atoms with Crippen molar-refractivity contribution in [3.8, 4) is 0 Å². The molecule has 8 nitrogen and oxygen atoms in total. The third-order valence-electron chi connectivity index (χ3n) is 5.65. The Hall–Kier alpha value is -2.70. The molecule has 0 spiro atoms. The Balaban J connectivity index is 1.35. The van der Waals surface area contributed by atoms with E-state index >= 15 is 0 Å². The van der Waals surface area contributed by atoms with Gasteiger partial charge >= 0.3 is 6.18 Å². The van der Waals surface area contributed by atoms with Gasteiger partial charge in [-0.3, -0.25) is 4.79 Å². The Morgan fingerprint density at radius 3 is 2.36 bits per heavy atom. The van der Waals surface area contributed by atoms with Crippen molar-refractivity contribution in [1.82, 2.24) is 14.6 Å². The third-order valence-corrected chi connectivity index (χ3v) is 7.56. The average molecular weight is 485 g/mol. The normalized spacial score (nSPS) is 20.1. The lowest BCUT2D eigenvalue weighted by Crippen LogP contribution is -2.40. The van der Waals surface area contributed by atoms with Crippen molar-refractivity contribution in [2.24, 2.45) is 0 Å². The molecule has 0 aliphatic carbocycles. The molecule has 33 heavy (non-hydrogen) atoms. The summed E-state index contributed by atoms with van der Waals surface area (Å²) in [5.74, 6) is 0.0648. The van der Waals surface area contributed by atoms with Gasteiger partial charge in [-0.05, 0) is 42.8 Å². The lowest BCUT2D eigenvalue weighted by atomic mass is 10.2. The van der Waals surface area contributed by atoms with Gasteiger partial charge in [-0.2, -0.15) is 17.5 Å². The number of hydrogen-bond donors (Lipinski definition) is 1. The molecule has 12 heteroatoms. The van der Waals surface area contributed by atoms with E-state index < -0.39 is 21.8 Å². The van der Waals surface area contributed by atoms with Crippen molar-refractivity contribution in [2.45, 2.75) is 23.5 Å². The zero-order valence-corrected chi connectivity index (χ0v) is 18.4. The number of ether oxygens (including phenoxy) is 1. The minimum atomic E-state index is -4.44. The quantitative estimate of drug-likeness (QED) is 0.699. The number of amides is 1. The van der Waals surface area contributed by atoms with Crippen molar-refractivity contribution in [2.75, 3.05) is 44.3 Å². The first-order valence-corrected chi connectivity index (χ1v) is 11.9. The lowest BCUT2D eigenvalue weighted by Gasteiger charge is -2.26. The molecule has 4 rings (SSSR count). The largest absolute Gasteiger partial charge is 0.417 e. The number of rotatable bonds is 5. The van der Waals surface area contributed by atoms with E-state index in [0.717, 1.165) is 12.3 Å². The first kappa shape index (κ1) is 23.5. The molecule has 2 saturated heterocycles. The maximum Gasteiger partial charge on any atom is 0.417 e. The summed E-state index contributed by atoms with van der Waals surface area (Å²) in [5.41, 5.74) is -0.489. The molecule has 3 heterocycles. The maximum atomic E-state index is 12.7. The molecule has 2 aliphatic rings. The number of benzene rings is 1. The second-order valence-electron chi connectivity index (χ2n) is 7.85. The van der Waals surface area contributed by atoms with E-state index in [-0.39, 0.29) is 29.9 Å². The number of halogens is 3. The Kier molecular flexibility index (Phi) is 6.59. The number of morpholine rings is 1. The highest BCUT2D eigenvalue weighted by atomic mass is 32.2. The van der Waals surface area contributed by atoms with Gasteiger partial charge in [0.1, 0.15) is 5.82 Å².